The molecule has 1 aliphatic rings. The molecule has 130 valence electrons. The molecule has 0 saturated carbocycles. The van der Waals surface area contributed by atoms with E-state index in [4.69, 9.17) is 0 Å². The molecule has 0 radical (unpaired) electrons. The second kappa shape index (κ2) is 6.38. The molecule has 1 saturated heterocycles. The molecule has 1 fully saturated rings. The third kappa shape index (κ3) is 3.42. The zero-order valence-corrected chi connectivity index (χ0v) is 15.5. The van der Waals surface area contributed by atoms with Crippen molar-refractivity contribution in [3.63, 3.8) is 0 Å². The normalized spacial score (nSPS) is 17.6. The Kier molecular flexibility index (Phi) is 4.58. The molecule has 0 atom stereocenters. The highest BCUT2D eigenvalue weighted by molar-refractivity contribution is 7.94. The molecule has 1 aliphatic heterocycles. The van der Waals surface area contributed by atoms with Crippen LogP contribution in [0.5, 0.6) is 0 Å². The van der Waals surface area contributed by atoms with Crippen molar-refractivity contribution in [3.05, 3.63) is 41.3 Å². The Balaban J connectivity index is 1.95. The number of sulfonamides is 2. The lowest BCUT2D eigenvalue weighted by Crippen LogP contribution is -2.38. The van der Waals surface area contributed by atoms with Gasteiger partial charge in [0.05, 0.1) is 17.1 Å². The molecule has 2 aromatic rings. The Morgan fingerprint density at radius 1 is 1.21 bits per heavy atom. The quantitative estimate of drug-likeness (QED) is 0.876. The van der Waals surface area contributed by atoms with Gasteiger partial charge in [0.1, 0.15) is 4.21 Å². The minimum Gasteiger partial charge on any atom is -0.279 e. The van der Waals surface area contributed by atoms with Crippen LogP contribution in [0, 0.1) is 6.92 Å². The van der Waals surface area contributed by atoms with Gasteiger partial charge in [0.2, 0.25) is 10.0 Å². The van der Waals surface area contributed by atoms with Gasteiger partial charge in [-0.1, -0.05) is 12.1 Å². The van der Waals surface area contributed by atoms with Crippen LogP contribution in [0.1, 0.15) is 18.4 Å². The van der Waals surface area contributed by atoms with E-state index in [1.807, 2.05) is 6.92 Å². The maximum atomic E-state index is 12.3. The fourth-order valence-electron chi connectivity index (χ4n) is 2.62. The molecule has 3 rings (SSSR count). The Labute approximate surface area is 146 Å². The molecule has 1 N–H and O–H groups in total. The van der Waals surface area contributed by atoms with E-state index in [-0.39, 0.29) is 9.96 Å². The van der Waals surface area contributed by atoms with Crippen LogP contribution in [0.2, 0.25) is 0 Å². The number of nitrogens with zero attached hydrogens (tertiary/aromatic N) is 1. The molecular weight excluding hydrogens is 368 g/mol. The zero-order chi connectivity index (χ0) is 17.4. The Bertz CT molecular complexity index is 935. The highest BCUT2D eigenvalue weighted by atomic mass is 32.2. The summed E-state index contributed by atoms with van der Waals surface area (Å²) in [5.41, 5.74) is 1.67. The summed E-state index contributed by atoms with van der Waals surface area (Å²) in [6.45, 7) is 2.24. The summed E-state index contributed by atoms with van der Waals surface area (Å²) in [6.07, 6.45) is 1.45. The molecule has 0 unspecified atom stereocenters. The maximum absolute atomic E-state index is 12.3. The summed E-state index contributed by atoms with van der Waals surface area (Å²) in [4.78, 5) is 0. The van der Waals surface area contributed by atoms with Gasteiger partial charge >= 0.3 is 0 Å². The average molecular weight is 387 g/mol. The summed E-state index contributed by atoms with van der Waals surface area (Å²) in [7, 11) is -7.00. The highest BCUT2D eigenvalue weighted by Crippen LogP contribution is 2.30. The predicted octanol–water partition coefficient (Wildman–Crippen LogP) is 2.79. The zero-order valence-electron chi connectivity index (χ0n) is 13.1. The lowest BCUT2D eigenvalue weighted by Gasteiger charge is -2.29. The molecule has 0 spiro atoms. The summed E-state index contributed by atoms with van der Waals surface area (Å²) in [5, 5.41) is 1.69. The molecule has 2 heterocycles. The molecule has 1 aromatic heterocycles. The van der Waals surface area contributed by atoms with Crippen LogP contribution >= 0.6 is 11.3 Å². The van der Waals surface area contributed by atoms with Crippen molar-refractivity contribution >= 4 is 42.8 Å². The second-order valence-corrected chi connectivity index (χ2v) is 10.5. The van der Waals surface area contributed by atoms with Gasteiger partial charge in [-0.25, -0.2) is 16.8 Å². The van der Waals surface area contributed by atoms with Crippen LogP contribution in [0.3, 0.4) is 0 Å². The maximum Gasteiger partial charge on any atom is 0.271 e. The number of aryl methyl sites for hydroxylation is 1. The minimum absolute atomic E-state index is 0.123. The van der Waals surface area contributed by atoms with Gasteiger partial charge in [-0.2, -0.15) is 0 Å². The first kappa shape index (κ1) is 17.2. The lowest BCUT2D eigenvalue weighted by atomic mass is 10.1. The van der Waals surface area contributed by atoms with Crippen molar-refractivity contribution in [2.45, 2.75) is 24.0 Å². The summed E-state index contributed by atoms with van der Waals surface area (Å²) in [5.74, 6) is 0.123. The van der Waals surface area contributed by atoms with E-state index < -0.39 is 20.0 Å². The van der Waals surface area contributed by atoms with Gasteiger partial charge in [0.25, 0.3) is 10.0 Å². The summed E-state index contributed by atoms with van der Waals surface area (Å²) < 4.78 is 53.4. The van der Waals surface area contributed by atoms with Crippen molar-refractivity contribution in [1.29, 1.82) is 0 Å². The molecule has 0 aliphatic carbocycles. The fraction of sp³-hybridized carbons (Fsp3) is 0.333. The topological polar surface area (TPSA) is 83.6 Å². The van der Waals surface area contributed by atoms with Gasteiger partial charge in [-0.3, -0.25) is 9.03 Å². The highest BCUT2D eigenvalue weighted by Gasteiger charge is 2.27. The molecular formula is C15H18N2O4S3. The SMILES string of the molecule is Cc1ccc(NS(=O)(=O)c2cccs2)cc1N1CCCCS1(=O)=O. The third-order valence-electron chi connectivity index (χ3n) is 3.84. The lowest BCUT2D eigenvalue weighted by molar-refractivity contribution is 0.574. The van der Waals surface area contributed by atoms with Crippen LogP contribution in [0.4, 0.5) is 11.4 Å². The van der Waals surface area contributed by atoms with Gasteiger partial charge in [-0.15, -0.1) is 11.3 Å². The number of hydrogen-bond donors (Lipinski definition) is 1. The first-order valence-electron chi connectivity index (χ1n) is 7.47. The molecule has 0 bridgehead atoms. The summed E-state index contributed by atoms with van der Waals surface area (Å²) in [6, 6.07) is 8.15. The minimum atomic E-state index is -3.66. The van der Waals surface area contributed by atoms with E-state index in [1.54, 1.807) is 29.6 Å². The van der Waals surface area contributed by atoms with E-state index >= 15 is 0 Å². The van der Waals surface area contributed by atoms with Crippen LogP contribution in [0.15, 0.2) is 39.9 Å². The first-order chi connectivity index (χ1) is 11.3. The number of rotatable bonds is 4. The first-order valence-corrected chi connectivity index (χ1v) is 11.4. The van der Waals surface area contributed by atoms with Gasteiger partial charge in [0, 0.05) is 6.54 Å². The number of thiophene rings is 1. The van der Waals surface area contributed by atoms with Crippen LogP contribution in [-0.4, -0.2) is 29.1 Å². The molecule has 9 heteroatoms. The van der Waals surface area contributed by atoms with Crippen molar-refractivity contribution in [1.82, 2.24) is 0 Å². The van der Waals surface area contributed by atoms with E-state index in [2.05, 4.69) is 4.72 Å². The monoisotopic (exact) mass is 386 g/mol. The van der Waals surface area contributed by atoms with Gasteiger partial charge in [0.15, 0.2) is 0 Å². The average Bonchev–Trinajstić information content (AvgIpc) is 3.04. The standard InChI is InChI=1S/C15H18N2O4S3/c1-12-6-7-13(16-24(20,21)15-5-4-9-22-15)11-14(12)17-8-2-3-10-23(17,18)19/h4-7,9,11,16H,2-3,8,10H2,1H3. The predicted molar refractivity (Wildman–Crippen MR) is 96.7 cm³/mol. The van der Waals surface area contributed by atoms with E-state index in [9.17, 15) is 16.8 Å². The third-order valence-corrected chi connectivity index (χ3v) is 8.47. The van der Waals surface area contributed by atoms with Crippen LogP contribution in [-0.2, 0) is 20.0 Å². The number of nitrogens with one attached hydrogen (secondary N) is 1. The van der Waals surface area contributed by atoms with Crippen molar-refractivity contribution in [2.75, 3.05) is 21.3 Å². The molecule has 1 aromatic carbocycles. The van der Waals surface area contributed by atoms with Crippen molar-refractivity contribution in [3.8, 4) is 0 Å². The number of benzene rings is 1. The van der Waals surface area contributed by atoms with Crippen LogP contribution in [0.25, 0.3) is 0 Å². The largest absolute Gasteiger partial charge is 0.279 e. The van der Waals surface area contributed by atoms with Crippen LogP contribution < -0.4 is 9.03 Å². The van der Waals surface area contributed by atoms with E-state index in [1.165, 1.54) is 10.4 Å². The van der Waals surface area contributed by atoms with Crippen molar-refractivity contribution in [2.24, 2.45) is 0 Å². The van der Waals surface area contributed by atoms with Gasteiger partial charge < -0.3 is 0 Å². The van der Waals surface area contributed by atoms with E-state index in [0.29, 0.717) is 24.3 Å². The summed E-state index contributed by atoms with van der Waals surface area (Å²) >= 11 is 1.13. The molecule has 24 heavy (non-hydrogen) atoms. The second-order valence-electron chi connectivity index (χ2n) is 5.63. The fourth-order valence-corrected chi connectivity index (χ4v) is 6.36. The smallest absolute Gasteiger partial charge is 0.271 e. The molecule has 0 amide bonds. The molecule has 6 nitrogen and oxygen atoms in total. The number of anilines is 2. The van der Waals surface area contributed by atoms with Gasteiger partial charge in [-0.05, 0) is 48.9 Å². The Hall–Kier alpha value is -1.58. The Morgan fingerprint density at radius 3 is 2.67 bits per heavy atom. The Morgan fingerprint density at radius 2 is 2.00 bits per heavy atom. The van der Waals surface area contributed by atoms with Crippen molar-refractivity contribution < 1.29 is 16.8 Å². The van der Waals surface area contributed by atoms with E-state index in [0.717, 1.165) is 23.3 Å². The number of hydrogen-bond acceptors (Lipinski definition) is 5.